The summed E-state index contributed by atoms with van der Waals surface area (Å²) in [7, 11) is 1.90. The predicted molar refractivity (Wildman–Crippen MR) is 130 cm³/mol. The summed E-state index contributed by atoms with van der Waals surface area (Å²) in [6, 6.07) is 9.66. The minimum Gasteiger partial charge on any atom is -0.481 e. The predicted octanol–water partition coefficient (Wildman–Crippen LogP) is 5.51. The Bertz CT molecular complexity index is 1020. The monoisotopic (exact) mass is 476 g/mol. The number of carbonyl (C=O) groups is 1. The molecule has 179 valence electrons. The highest BCUT2D eigenvalue weighted by Gasteiger charge is 2.45. The molecule has 0 saturated heterocycles. The Morgan fingerprint density at radius 3 is 2.36 bits per heavy atom. The van der Waals surface area contributed by atoms with E-state index in [9.17, 15) is 14.4 Å². The molecule has 0 aromatic heterocycles. The first kappa shape index (κ1) is 26.8. The standard InChI is InChI=1S/C15H13ClFNO2.C10H19N2O/c1-9-5-6-13(10(7-9)8-14(19)20)18-15-11(16)3-2-4-12(15)17;1-9(2)6-8(7-11-5)10(3,4)12(9)13/h2-7,18H,8H2,1H3,(H,19,20);6,11H,7H2,1-5H3. The first-order valence-corrected chi connectivity index (χ1v) is 11.0. The summed E-state index contributed by atoms with van der Waals surface area (Å²) in [5.41, 5.74) is 2.63. The van der Waals surface area contributed by atoms with Crippen molar-refractivity contribution in [3.63, 3.8) is 0 Å². The lowest BCUT2D eigenvalue weighted by atomic mass is 9.97. The lowest BCUT2D eigenvalue weighted by molar-refractivity contribution is -0.238. The van der Waals surface area contributed by atoms with Crippen molar-refractivity contribution in [3.05, 3.63) is 70.0 Å². The molecule has 6 nitrogen and oxygen atoms in total. The summed E-state index contributed by atoms with van der Waals surface area (Å²) in [5.74, 6) is -1.43. The van der Waals surface area contributed by atoms with Gasteiger partial charge < -0.3 is 15.7 Å². The van der Waals surface area contributed by atoms with Crippen LogP contribution in [0.1, 0.15) is 38.8 Å². The van der Waals surface area contributed by atoms with Crippen LogP contribution in [-0.4, -0.2) is 40.8 Å². The molecule has 0 amide bonds. The third-order valence-electron chi connectivity index (χ3n) is 5.54. The molecule has 0 bridgehead atoms. The van der Waals surface area contributed by atoms with Gasteiger partial charge in [-0.1, -0.05) is 41.4 Å². The second-order valence-electron chi connectivity index (χ2n) is 9.16. The van der Waals surface area contributed by atoms with Crippen molar-refractivity contribution in [3.8, 4) is 0 Å². The minimum absolute atomic E-state index is 0.143. The Labute approximate surface area is 200 Å². The third-order valence-corrected chi connectivity index (χ3v) is 5.85. The number of anilines is 2. The summed E-state index contributed by atoms with van der Waals surface area (Å²) in [4.78, 5) is 10.9. The van der Waals surface area contributed by atoms with Crippen molar-refractivity contribution < 1.29 is 19.5 Å². The molecule has 0 fully saturated rings. The number of hydrogen-bond acceptors (Lipinski definition) is 4. The van der Waals surface area contributed by atoms with Gasteiger partial charge in [0.15, 0.2) is 0 Å². The van der Waals surface area contributed by atoms with Gasteiger partial charge in [0.05, 0.1) is 28.2 Å². The van der Waals surface area contributed by atoms with E-state index in [1.165, 1.54) is 22.8 Å². The number of halogens is 2. The largest absolute Gasteiger partial charge is 0.481 e. The van der Waals surface area contributed by atoms with Crippen molar-refractivity contribution >= 4 is 28.9 Å². The number of aryl methyl sites for hydroxylation is 1. The van der Waals surface area contributed by atoms with Gasteiger partial charge in [0.2, 0.25) is 0 Å². The van der Waals surface area contributed by atoms with Crippen LogP contribution in [0.2, 0.25) is 5.02 Å². The molecular formula is C25H32ClFN3O3. The smallest absolute Gasteiger partial charge is 0.307 e. The molecular weight excluding hydrogens is 445 g/mol. The minimum atomic E-state index is -0.946. The average Bonchev–Trinajstić information content (AvgIpc) is 2.86. The van der Waals surface area contributed by atoms with Crippen molar-refractivity contribution in [2.75, 3.05) is 18.9 Å². The SMILES string of the molecule is CNCC1=CC(C)(C)N([O])C1(C)C.Cc1ccc(Nc2c(F)cccc2Cl)c(CC(=O)O)c1. The second-order valence-corrected chi connectivity index (χ2v) is 9.57. The second kappa shape index (κ2) is 10.7. The molecule has 1 aliphatic rings. The fourth-order valence-electron chi connectivity index (χ4n) is 3.88. The zero-order valence-electron chi connectivity index (χ0n) is 19.9. The third kappa shape index (κ3) is 6.54. The number of nitrogens with zero attached hydrogens (tertiary/aromatic N) is 1. The van der Waals surface area contributed by atoms with E-state index in [0.29, 0.717) is 11.3 Å². The van der Waals surface area contributed by atoms with Gasteiger partial charge in [-0.15, -0.1) is 10.3 Å². The molecule has 2 aromatic carbocycles. The van der Waals surface area contributed by atoms with Gasteiger partial charge >= 0.3 is 5.97 Å². The van der Waals surface area contributed by atoms with E-state index in [0.717, 1.165) is 12.1 Å². The number of rotatable bonds is 6. The van der Waals surface area contributed by atoms with E-state index in [2.05, 4.69) is 16.7 Å². The lowest BCUT2D eigenvalue weighted by Gasteiger charge is -2.33. The Morgan fingerprint density at radius 2 is 1.85 bits per heavy atom. The molecule has 33 heavy (non-hydrogen) atoms. The number of aliphatic carboxylic acids is 1. The highest BCUT2D eigenvalue weighted by atomic mass is 35.5. The van der Waals surface area contributed by atoms with Gasteiger partial charge in [-0.05, 0) is 71.0 Å². The Kier molecular flexibility index (Phi) is 8.65. The number of para-hydroxylation sites is 1. The van der Waals surface area contributed by atoms with Gasteiger partial charge in [0, 0.05) is 12.2 Å². The van der Waals surface area contributed by atoms with E-state index >= 15 is 0 Å². The lowest BCUT2D eigenvalue weighted by Crippen LogP contribution is -2.47. The average molecular weight is 477 g/mol. The molecule has 1 heterocycles. The fraction of sp³-hybridized carbons (Fsp3) is 0.400. The quantitative estimate of drug-likeness (QED) is 0.479. The molecule has 0 aliphatic carbocycles. The molecule has 3 rings (SSSR count). The zero-order chi connectivity index (χ0) is 25.0. The van der Waals surface area contributed by atoms with Gasteiger partial charge in [-0.3, -0.25) is 4.79 Å². The Balaban J connectivity index is 0.000000257. The van der Waals surface area contributed by atoms with Crippen molar-refractivity contribution in [1.82, 2.24) is 10.4 Å². The molecule has 0 atom stereocenters. The number of carboxylic acid groups (broad SMARTS) is 1. The van der Waals surface area contributed by atoms with Crippen LogP contribution in [0.3, 0.4) is 0 Å². The van der Waals surface area contributed by atoms with Crippen LogP contribution in [0.15, 0.2) is 48.0 Å². The fourth-order valence-corrected chi connectivity index (χ4v) is 4.09. The molecule has 2 aromatic rings. The summed E-state index contributed by atoms with van der Waals surface area (Å²) < 4.78 is 13.7. The number of likely N-dealkylation sites (N-methyl/N-ethyl adjacent to an activating group) is 1. The normalized spacial score (nSPS) is 16.6. The van der Waals surface area contributed by atoms with Crippen LogP contribution in [0.25, 0.3) is 0 Å². The maximum Gasteiger partial charge on any atom is 0.307 e. The van der Waals surface area contributed by atoms with Crippen LogP contribution < -0.4 is 10.6 Å². The van der Waals surface area contributed by atoms with Gasteiger partial charge in [-0.2, -0.15) is 0 Å². The summed E-state index contributed by atoms with van der Waals surface area (Å²) in [5, 5.41) is 28.2. The van der Waals surface area contributed by atoms with Crippen molar-refractivity contribution in [1.29, 1.82) is 0 Å². The highest BCUT2D eigenvalue weighted by Crippen LogP contribution is 2.38. The van der Waals surface area contributed by atoms with Crippen LogP contribution in [0.5, 0.6) is 0 Å². The summed E-state index contributed by atoms with van der Waals surface area (Å²) >= 11 is 5.95. The van der Waals surface area contributed by atoms with E-state index in [1.54, 1.807) is 18.2 Å². The van der Waals surface area contributed by atoms with E-state index in [-0.39, 0.29) is 28.2 Å². The number of benzene rings is 2. The molecule has 0 spiro atoms. The van der Waals surface area contributed by atoms with E-state index in [4.69, 9.17) is 16.7 Å². The Hall–Kier alpha value is -2.45. The van der Waals surface area contributed by atoms with Crippen LogP contribution in [-0.2, 0) is 16.4 Å². The Morgan fingerprint density at radius 1 is 1.18 bits per heavy atom. The molecule has 3 N–H and O–H groups in total. The zero-order valence-corrected chi connectivity index (χ0v) is 20.7. The summed E-state index contributed by atoms with van der Waals surface area (Å²) in [6.07, 6.45) is 1.92. The molecule has 8 heteroatoms. The van der Waals surface area contributed by atoms with Crippen LogP contribution in [0.4, 0.5) is 15.8 Å². The van der Waals surface area contributed by atoms with Crippen LogP contribution >= 0.6 is 11.6 Å². The van der Waals surface area contributed by atoms with Crippen molar-refractivity contribution in [2.24, 2.45) is 0 Å². The van der Waals surface area contributed by atoms with Crippen LogP contribution in [0, 0.1) is 12.7 Å². The molecule has 0 saturated carbocycles. The number of nitrogens with one attached hydrogen (secondary N) is 2. The molecule has 0 unspecified atom stereocenters. The maximum absolute atomic E-state index is 13.7. The van der Waals surface area contributed by atoms with E-state index < -0.39 is 11.8 Å². The van der Waals surface area contributed by atoms with Gasteiger partial charge in [0.25, 0.3) is 0 Å². The number of hydroxylamine groups is 2. The van der Waals surface area contributed by atoms with Crippen molar-refractivity contribution in [2.45, 2.75) is 52.1 Å². The first-order chi connectivity index (χ1) is 15.3. The van der Waals surface area contributed by atoms with E-state index in [1.807, 2.05) is 47.7 Å². The van der Waals surface area contributed by atoms with Gasteiger partial charge in [-0.25, -0.2) is 4.39 Å². The molecule has 1 aliphatic heterocycles. The number of hydrogen-bond donors (Lipinski definition) is 3. The summed E-state index contributed by atoms with van der Waals surface area (Å²) in [6.45, 7) is 10.5. The topological polar surface area (TPSA) is 84.5 Å². The number of carboxylic acids is 1. The first-order valence-electron chi connectivity index (χ1n) is 10.7. The maximum atomic E-state index is 13.7. The highest BCUT2D eigenvalue weighted by molar-refractivity contribution is 6.33. The molecule has 1 radical (unpaired) electrons. The van der Waals surface area contributed by atoms with Gasteiger partial charge in [0.1, 0.15) is 5.82 Å².